The average Bonchev–Trinajstić information content (AvgIpc) is 2.44. The second kappa shape index (κ2) is 6.49. The van der Waals surface area contributed by atoms with E-state index in [1.165, 1.54) is 6.42 Å². The predicted octanol–water partition coefficient (Wildman–Crippen LogP) is 3.81. The van der Waals surface area contributed by atoms with Crippen LogP contribution in [0, 0.1) is 17.8 Å². The van der Waals surface area contributed by atoms with Gasteiger partial charge in [0.2, 0.25) is 0 Å². The van der Waals surface area contributed by atoms with Crippen LogP contribution < -0.4 is 9.47 Å². The lowest BCUT2D eigenvalue weighted by atomic mass is 9.73. The van der Waals surface area contributed by atoms with Crippen molar-refractivity contribution in [1.29, 1.82) is 0 Å². The highest BCUT2D eigenvalue weighted by Gasteiger charge is 2.31. The molecule has 3 atom stereocenters. The number of hydrogen-bond acceptors (Lipinski definition) is 3. The lowest BCUT2D eigenvalue weighted by Crippen LogP contribution is -2.25. The van der Waals surface area contributed by atoms with E-state index < -0.39 is 6.10 Å². The van der Waals surface area contributed by atoms with E-state index in [2.05, 4.69) is 13.8 Å². The van der Waals surface area contributed by atoms with Crippen LogP contribution in [0.4, 0.5) is 0 Å². The van der Waals surface area contributed by atoms with Crippen LogP contribution in [0.3, 0.4) is 0 Å². The van der Waals surface area contributed by atoms with Crippen LogP contribution in [0.25, 0.3) is 0 Å². The summed E-state index contributed by atoms with van der Waals surface area (Å²) < 4.78 is 10.8. The quantitative estimate of drug-likeness (QED) is 0.910. The Morgan fingerprint density at radius 1 is 1.05 bits per heavy atom. The van der Waals surface area contributed by atoms with E-state index in [0.29, 0.717) is 29.3 Å². The first-order chi connectivity index (χ1) is 9.56. The van der Waals surface area contributed by atoms with Gasteiger partial charge in [0, 0.05) is 5.56 Å². The van der Waals surface area contributed by atoms with Crippen molar-refractivity contribution in [2.45, 2.75) is 39.2 Å². The fourth-order valence-electron chi connectivity index (χ4n) is 3.67. The van der Waals surface area contributed by atoms with Gasteiger partial charge in [0.05, 0.1) is 20.3 Å². The molecule has 0 amide bonds. The topological polar surface area (TPSA) is 38.7 Å². The highest BCUT2D eigenvalue weighted by molar-refractivity contribution is 5.47. The summed E-state index contributed by atoms with van der Waals surface area (Å²) in [6, 6.07) is 5.72. The Labute approximate surface area is 121 Å². The third-order valence-electron chi connectivity index (χ3n) is 4.41. The number of aliphatic hydroxyl groups excluding tert-OH is 1. The van der Waals surface area contributed by atoms with Crippen LogP contribution >= 0.6 is 0 Å². The van der Waals surface area contributed by atoms with Gasteiger partial charge >= 0.3 is 0 Å². The van der Waals surface area contributed by atoms with Crippen molar-refractivity contribution in [1.82, 2.24) is 0 Å². The molecule has 1 aliphatic rings. The van der Waals surface area contributed by atoms with Gasteiger partial charge in [-0.1, -0.05) is 26.0 Å². The smallest absolute Gasteiger partial charge is 0.166 e. The first-order valence-electron chi connectivity index (χ1n) is 7.45. The summed E-state index contributed by atoms with van der Waals surface area (Å²) in [6.07, 6.45) is 2.93. The summed E-state index contributed by atoms with van der Waals surface area (Å²) in [6.45, 7) is 4.55. The van der Waals surface area contributed by atoms with Crippen molar-refractivity contribution >= 4 is 0 Å². The second-order valence-corrected chi connectivity index (χ2v) is 6.21. The summed E-state index contributed by atoms with van der Waals surface area (Å²) in [7, 11) is 3.25. The van der Waals surface area contributed by atoms with Crippen molar-refractivity contribution < 1.29 is 14.6 Å². The Morgan fingerprint density at radius 2 is 1.70 bits per heavy atom. The molecule has 0 aliphatic heterocycles. The van der Waals surface area contributed by atoms with Gasteiger partial charge in [-0.25, -0.2) is 0 Å². The van der Waals surface area contributed by atoms with E-state index in [4.69, 9.17) is 9.47 Å². The Hall–Kier alpha value is -1.22. The fourth-order valence-corrected chi connectivity index (χ4v) is 3.67. The van der Waals surface area contributed by atoms with Crippen LogP contribution in [0.5, 0.6) is 11.5 Å². The summed E-state index contributed by atoms with van der Waals surface area (Å²) in [5, 5.41) is 10.8. The Bertz CT molecular complexity index is 434. The molecule has 1 aliphatic carbocycles. The van der Waals surface area contributed by atoms with Crippen LogP contribution in [0.15, 0.2) is 18.2 Å². The molecule has 0 spiro atoms. The summed E-state index contributed by atoms with van der Waals surface area (Å²) in [5.74, 6) is 2.99. The lowest BCUT2D eigenvalue weighted by molar-refractivity contribution is 0.0531. The molecule has 3 nitrogen and oxygen atoms in total. The van der Waals surface area contributed by atoms with E-state index in [1.807, 2.05) is 18.2 Å². The van der Waals surface area contributed by atoms with E-state index in [-0.39, 0.29) is 0 Å². The first kappa shape index (κ1) is 15.2. The standard InChI is InChI=1S/C17H26O3/c1-11-8-12(2)10-13(9-11)16(18)14-6-5-7-15(19-3)17(14)20-4/h5-7,11-13,16,18H,8-10H2,1-4H3. The second-order valence-electron chi connectivity index (χ2n) is 6.21. The van der Waals surface area contributed by atoms with E-state index in [0.717, 1.165) is 18.4 Å². The molecule has 3 heteroatoms. The van der Waals surface area contributed by atoms with E-state index >= 15 is 0 Å². The van der Waals surface area contributed by atoms with Gasteiger partial charge in [0.25, 0.3) is 0 Å². The summed E-state index contributed by atoms with van der Waals surface area (Å²) in [4.78, 5) is 0. The number of aliphatic hydroxyl groups is 1. The molecule has 0 heterocycles. The maximum Gasteiger partial charge on any atom is 0.166 e. The van der Waals surface area contributed by atoms with Crippen LogP contribution in [0.1, 0.15) is 44.8 Å². The van der Waals surface area contributed by atoms with Crippen molar-refractivity contribution in [3.05, 3.63) is 23.8 Å². The average molecular weight is 278 g/mol. The summed E-state index contributed by atoms with van der Waals surface area (Å²) in [5.41, 5.74) is 0.846. The van der Waals surface area contributed by atoms with Crippen LogP contribution in [-0.2, 0) is 0 Å². The number of rotatable bonds is 4. The molecule has 0 radical (unpaired) electrons. The van der Waals surface area contributed by atoms with Gasteiger partial charge in [-0.2, -0.15) is 0 Å². The molecule has 0 bridgehead atoms. The number of methoxy groups -OCH3 is 2. The van der Waals surface area contributed by atoms with Gasteiger partial charge < -0.3 is 14.6 Å². The Balaban J connectivity index is 2.26. The molecule has 2 rings (SSSR count). The maximum absolute atomic E-state index is 10.8. The molecule has 1 aromatic rings. The number of para-hydroxylation sites is 1. The molecule has 0 aromatic heterocycles. The highest BCUT2D eigenvalue weighted by Crippen LogP contribution is 2.44. The number of hydrogen-bond donors (Lipinski definition) is 1. The minimum absolute atomic E-state index is 0.301. The molecular formula is C17H26O3. The van der Waals surface area contributed by atoms with Crippen LogP contribution in [0.2, 0.25) is 0 Å². The molecule has 0 saturated heterocycles. The molecule has 20 heavy (non-hydrogen) atoms. The Morgan fingerprint density at radius 3 is 2.25 bits per heavy atom. The minimum atomic E-state index is -0.481. The zero-order valence-electron chi connectivity index (χ0n) is 12.9. The first-order valence-corrected chi connectivity index (χ1v) is 7.45. The molecular weight excluding hydrogens is 252 g/mol. The molecule has 1 aromatic carbocycles. The van der Waals surface area contributed by atoms with Gasteiger partial charge in [-0.15, -0.1) is 0 Å². The van der Waals surface area contributed by atoms with Gasteiger partial charge in [-0.05, 0) is 43.1 Å². The molecule has 3 unspecified atom stereocenters. The normalized spacial score (nSPS) is 27.9. The summed E-state index contributed by atoms with van der Waals surface area (Å²) >= 11 is 0. The molecule has 1 fully saturated rings. The van der Waals surface area contributed by atoms with E-state index in [1.54, 1.807) is 14.2 Å². The third kappa shape index (κ3) is 3.09. The van der Waals surface area contributed by atoms with Crippen molar-refractivity contribution in [2.24, 2.45) is 17.8 Å². The van der Waals surface area contributed by atoms with Gasteiger partial charge in [0.1, 0.15) is 0 Å². The van der Waals surface area contributed by atoms with Crippen molar-refractivity contribution in [2.75, 3.05) is 14.2 Å². The van der Waals surface area contributed by atoms with Crippen molar-refractivity contribution in [3.63, 3.8) is 0 Å². The van der Waals surface area contributed by atoms with Crippen molar-refractivity contribution in [3.8, 4) is 11.5 Å². The molecule has 1 N–H and O–H groups in total. The zero-order valence-corrected chi connectivity index (χ0v) is 12.9. The van der Waals surface area contributed by atoms with Gasteiger partial charge in [-0.3, -0.25) is 0 Å². The monoisotopic (exact) mass is 278 g/mol. The lowest BCUT2D eigenvalue weighted by Gasteiger charge is -2.35. The molecule has 1 saturated carbocycles. The van der Waals surface area contributed by atoms with Gasteiger partial charge in [0.15, 0.2) is 11.5 Å². The Kier molecular flexibility index (Phi) is 4.92. The maximum atomic E-state index is 10.8. The van der Waals surface area contributed by atoms with Crippen LogP contribution in [-0.4, -0.2) is 19.3 Å². The third-order valence-corrected chi connectivity index (χ3v) is 4.41. The largest absolute Gasteiger partial charge is 0.493 e. The molecule has 112 valence electrons. The SMILES string of the molecule is COc1cccc(C(O)C2CC(C)CC(C)C2)c1OC. The minimum Gasteiger partial charge on any atom is -0.493 e. The highest BCUT2D eigenvalue weighted by atomic mass is 16.5. The zero-order chi connectivity index (χ0) is 14.7. The fraction of sp³-hybridized carbons (Fsp3) is 0.647. The van der Waals surface area contributed by atoms with E-state index in [9.17, 15) is 5.11 Å². The number of benzene rings is 1. The predicted molar refractivity (Wildman–Crippen MR) is 80.2 cm³/mol. The number of ether oxygens (including phenoxy) is 2.